The van der Waals surface area contributed by atoms with Crippen LogP contribution in [0.4, 0.5) is 0 Å². The van der Waals surface area contributed by atoms with Gasteiger partial charge in [-0.2, -0.15) is 0 Å². The number of piperidine rings is 1. The van der Waals surface area contributed by atoms with Crippen molar-refractivity contribution in [2.24, 2.45) is 11.7 Å². The molecule has 1 aromatic heterocycles. The van der Waals surface area contributed by atoms with Gasteiger partial charge in [0.1, 0.15) is 0 Å². The Balaban J connectivity index is 1.62. The van der Waals surface area contributed by atoms with Gasteiger partial charge >= 0.3 is 0 Å². The normalized spacial score (nSPS) is 17.9. The van der Waals surface area contributed by atoms with E-state index in [4.69, 9.17) is 5.73 Å². The van der Waals surface area contributed by atoms with Crippen molar-refractivity contribution in [3.05, 3.63) is 54.4 Å². The Morgan fingerprint density at radius 2 is 1.83 bits per heavy atom. The monoisotopic (exact) mass is 311 g/mol. The molecule has 1 fully saturated rings. The second kappa shape index (κ2) is 6.69. The molecule has 0 aliphatic carbocycles. The van der Waals surface area contributed by atoms with E-state index >= 15 is 0 Å². The van der Waals surface area contributed by atoms with Crippen LogP contribution in [0.2, 0.25) is 0 Å². The lowest BCUT2D eigenvalue weighted by Gasteiger charge is -2.31. The van der Waals surface area contributed by atoms with Crippen LogP contribution in [0.15, 0.2) is 48.8 Å². The molecule has 1 aliphatic heterocycles. The molecule has 1 aliphatic rings. The minimum atomic E-state index is -0.307. The van der Waals surface area contributed by atoms with Gasteiger partial charge in [-0.05, 0) is 42.7 Å². The van der Waals surface area contributed by atoms with Crippen LogP contribution in [0.5, 0.6) is 0 Å². The first kappa shape index (κ1) is 15.3. The maximum Gasteiger partial charge on any atom is 0.227 e. The van der Waals surface area contributed by atoms with Gasteiger partial charge in [-0.3, -0.25) is 9.59 Å². The summed E-state index contributed by atoms with van der Waals surface area (Å²) in [5.74, 6) is -0.452. The first-order valence-corrected chi connectivity index (χ1v) is 7.93. The van der Waals surface area contributed by atoms with Crippen molar-refractivity contribution < 1.29 is 9.59 Å². The average molecular weight is 311 g/mol. The third-order valence-corrected chi connectivity index (χ3v) is 4.37. The van der Waals surface area contributed by atoms with Gasteiger partial charge in [0.25, 0.3) is 0 Å². The van der Waals surface area contributed by atoms with Crippen LogP contribution in [0, 0.1) is 5.92 Å². The zero-order valence-corrected chi connectivity index (χ0v) is 13.0. The van der Waals surface area contributed by atoms with Crippen LogP contribution >= 0.6 is 0 Å². The van der Waals surface area contributed by atoms with Crippen LogP contribution in [0.3, 0.4) is 0 Å². The number of primary amides is 1. The van der Waals surface area contributed by atoms with E-state index in [1.54, 1.807) is 4.90 Å². The lowest BCUT2D eigenvalue weighted by Crippen LogP contribution is -2.44. The highest BCUT2D eigenvalue weighted by molar-refractivity contribution is 5.81. The number of benzene rings is 1. The topological polar surface area (TPSA) is 68.3 Å². The Morgan fingerprint density at radius 1 is 1.13 bits per heavy atom. The number of hydrogen-bond donors (Lipinski definition) is 1. The number of hydrogen-bond acceptors (Lipinski definition) is 2. The van der Waals surface area contributed by atoms with E-state index in [9.17, 15) is 9.59 Å². The van der Waals surface area contributed by atoms with Crippen LogP contribution in [-0.2, 0) is 16.0 Å². The fraction of sp³-hybridized carbons (Fsp3) is 0.333. The highest BCUT2D eigenvalue weighted by atomic mass is 16.2. The average Bonchev–Trinajstić information content (AvgIpc) is 3.10. The molecular formula is C18H21N3O2. The quantitative estimate of drug-likeness (QED) is 0.934. The van der Waals surface area contributed by atoms with Gasteiger partial charge in [0.15, 0.2) is 0 Å². The summed E-state index contributed by atoms with van der Waals surface area (Å²) in [6, 6.07) is 11.9. The molecule has 0 bridgehead atoms. The van der Waals surface area contributed by atoms with Crippen molar-refractivity contribution in [2.45, 2.75) is 19.3 Å². The number of aromatic nitrogens is 1. The molecular weight excluding hydrogens is 290 g/mol. The third-order valence-electron chi connectivity index (χ3n) is 4.37. The Bertz CT molecular complexity index is 677. The number of carbonyl (C=O) groups excluding carboxylic acids is 2. The Hall–Kier alpha value is -2.56. The zero-order valence-electron chi connectivity index (χ0n) is 13.0. The fourth-order valence-electron chi connectivity index (χ4n) is 3.01. The predicted octanol–water partition coefficient (Wildman–Crippen LogP) is 1.74. The van der Waals surface area contributed by atoms with Gasteiger partial charge in [-0.15, -0.1) is 0 Å². The minimum absolute atomic E-state index is 0.0599. The first-order valence-electron chi connectivity index (χ1n) is 7.93. The van der Waals surface area contributed by atoms with E-state index in [1.807, 2.05) is 53.4 Å². The molecule has 2 aromatic rings. The summed E-state index contributed by atoms with van der Waals surface area (Å²) in [5, 5.41) is 0. The second-order valence-corrected chi connectivity index (χ2v) is 6.01. The van der Waals surface area contributed by atoms with Gasteiger partial charge in [0.2, 0.25) is 11.8 Å². The summed E-state index contributed by atoms with van der Waals surface area (Å²) in [5.41, 5.74) is 7.41. The molecule has 2 amide bonds. The standard InChI is InChI=1S/C18H21N3O2/c19-18(23)15-4-3-11-21(13-15)17(22)12-14-5-7-16(8-6-14)20-9-1-2-10-20/h1-2,5-10,15H,3-4,11-13H2,(H2,19,23)/t15-/m1/s1. The van der Waals surface area contributed by atoms with Crippen molar-refractivity contribution in [3.63, 3.8) is 0 Å². The minimum Gasteiger partial charge on any atom is -0.369 e. The number of rotatable bonds is 4. The highest BCUT2D eigenvalue weighted by Crippen LogP contribution is 2.18. The van der Waals surface area contributed by atoms with Gasteiger partial charge in [-0.25, -0.2) is 0 Å². The van der Waals surface area contributed by atoms with E-state index in [2.05, 4.69) is 0 Å². The van der Waals surface area contributed by atoms with Crippen LogP contribution < -0.4 is 5.73 Å². The van der Waals surface area contributed by atoms with E-state index in [-0.39, 0.29) is 17.7 Å². The van der Waals surface area contributed by atoms with Crippen LogP contribution in [0.1, 0.15) is 18.4 Å². The number of nitrogens with zero attached hydrogens (tertiary/aromatic N) is 2. The number of likely N-dealkylation sites (tertiary alicyclic amines) is 1. The molecule has 0 spiro atoms. The zero-order chi connectivity index (χ0) is 16.2. The smallest absolute Gasteiger partial charge is 0.227 e. The largest absolute Gasteiger partial charge is 0.369 e. The molecule has 3 rings (SSSR count). The summed E-state index contributed by atoms with van der Waals surface area (Å²) < 4.78 is 2.02. The number of carbonyl (C=O) groups is 2. The van der Waals surface area contributed by atoms with Crippen molar-refractivity contribution in [1.29, 1.82) is 0 Å². The maximum absolute atomic E-state index is 12.4. The SMILES string of the molecule is NC(=O)[C@@H]1CCCN(C(=O)Cc2ccc(-n3cccc3)cc2)C1. The Labute approximate surface area is 135 Å². The Morgan fingerprint density at radius 3 is 2.48 bits per heavy atom. The lowest BCUT2D eigenvalue weighted by atomic mass is 9.97. The molecule has 2 heterocycles. The second-order valence-electron chi connectivity index (χ2n) is 6.01. The molecule has 120 valence electrons. The van der Waals surface area contributed by atoms with Gasteiger partial charge in [-0.1, -0.05) is 12.1 Å². The van der Waals surface area contributed by atoms with Gasteiger partial charge in [0, 0.05) is 31.2 Å². The van der Waals surface area contributed by atoms with Gasteiger partial charge < -0.3 is 15.2 Å². The first-order chi connectivity index (χ1) is 11.1. The molecule has 1 saturated heterocycles. The van der Waals surface area contributed by atoms with E-state index in [0.29, 0.717) is 19.5 Å². The molecule has 1 atom stereocenters. The molecule has 23 heavy (non-hydrogen) atoms. The van der Waals surface area contributed by atoms with E-state index in [1.165, 1.54) is 0 Å². The Kier molecular flexibility index (Phi) is 4.46. The van der Waals surface area contributed by atoms with E-state index in [0.717, 1.165) is 24.1 Å². The molecule has 0 radical (unpaired) electrons. The summed E-state index contributed by atoms with van der Waals surface area (Å²) >= 11 is 0. The third kappa shape index (κ3) is 3.62. The highest BCUT2D eigenvalue weighted by Gasteiger charge is 2.26. The van der Waals surface area contributed by atoms with Crippen molar-refractivity contribution in [2.75, 3.05) is 13.1 Å². The van der Waals surface area contributed by atoms with Crippen LogP contribution in [-0.4, -0.2) is 34.4 Å². The maximum atomic E-state index is 12.4. The molecule has 5 heteroatoms. The number of nitrogens with two attached hydrogens (primary N) is 1. The fourth-order valence-corrected chi connectivity index (χ4v) is 3.01. The predicted molar refractivity (Wildman–Crippen MR) is 88.0 cm³/mol. The molecule has 2 N–H and O–H groups in total. The van der Waals surface area contributed by atoms with Crippen molar-refractivity contribution in [1.82, 2.24) is 9.47 Å². The number of amides is 2. The summed E-state index contributed by atoms with van der Waals surface area (Å²) in [4.78, 5) is 25.5. The van der Waals surface area contributed by atoms with Gasteiger partial charge in [0.05, 0.1) is 12.3 Å². The van der Waals surface area contributed by atoms with Crippen molar-refractivity contribution >= 4 is 11.8 Å². The summed E-state index contributed by atoms with van der Waals surface area (Å²) in [6.45, 7) is 1.17. The van der Waals surface area contributed by atoms with Crippen molar-refractivity contribution in [3.8, 4) is 5.69 Å². The molecule has 0 unspecified atom stereocenters. The molecule has 0 saturated carbocycles. The van der Waals surface area contributed by atoms with E-state index < -0.39 is 0 Å². The summed E-state index contributed by atoms with van der Waals surface area (Å²) in [6.07, 6.45) is 5.95. The molecule has 5 nitrogen and oxygen atoms in total. The summed E-state index contributed by atoms with van der Waals surface area (Å²) in [7, 11) is 0. The lowest BCUT2D eigenvalue weighted by molar-refractivity contribution is -0.134. The molecule has 1 aromatic carbocycles. The van der Waals surface area contributed by atoms with Crippen LogP contribution in [0.25, 0.3) is 5.69 Å².